The van der Waals surface area contributed by atoms with E-state index in [0.717, 1.165) is 10.8 Å². The van der Waals surface area contributed by atoms with Crippen LogP contribution < -0.4 is 11.2 Å². The minimum atomic E-state index is -1.04. The second kappa shape index (κ2) is 4.93. The lowest BCUT2D eigenvalue weighted by Gasteiger charge is -2.05. The zero-order valence-corrected chi connectivity index (χ0v) is 11.3. The number of hydrogen-bond donors (Lipinski definition) is 1. The molecule has 0 aliphatic carbocycles. The van der Waals surface area contributed by atoms with Gasteiger partial charge in [-0.05, 0) is 6.92 Å². The molecule has 0 saturated carbocycles. The molecule has 0 spiro atoms. The summed E-state index contributed by atoms with van der Waals surface area (Å²) in [5.74, 6) is 0. The lowest BCUT2D eigenvalue weighted by molar-refractivity contribution is -0.386. The summed E-state index contributed by atoms with van der Waals surface area (Å²) in [6.45, 7) is 1.66. The quantitative estimate of drug-likeness (QED) is 0.641. The van der Waals surface area contributed by atoms with E-state index in [9.17, 15) is 19.7 Å². The Balaban J connectivity index is 2.54. The highest BCUT2D eigenvalue weighted by molar-refractivity contribution is 6.31. The van der Waals surface area contributed by atoms with Gasteiger partial charge < -0.3 is 0 Å². The third kappa shape index (κ3) is 2.35. The highest BCUT2D eigenvalue weighted by atomic mass is 35.5. The first-order valence-corrected chi connectivity index (χ1v) is 5.85. The number of H-pyrrole nitrogens is 1. The van der Waals surface area contributed by atoms with Crippen molar-refractivity contribution >= 4 is 17.3 Å². The van der Waals surface area contributed by atoms with Gasteiger partial charge in [-0.3, -0.25) is 29.1 Å². The Kier molecular flexibility index (Phi) is 3.45. The van der Waals surface area contributed by atoms with Crippen LogP contribution in [-0.2, 0) is 13.6 Å². The van der Waals surface area contributed by atoms with E-state index in [4.69, 9.17) is 11.6 Å². The molecule has 0 radical (unpaired) electrons. The van der Waals surface area contributed by atoms with Crippen LogP contribution >= 0.6 is 11.6 Å². The minimum Gasteiger partial charge on any atom is -0.288 e. The molecule has 2 aromatic rings. The van der Waals surface area contributed by atoms with Crippen molar-refractivity contribution < 1.29 is 4.92 Å². The first kappa shape index (κ1) is 14.0. The second-order valence-electron chi connectivity index (χ2n) is 4.13. The lowest BCUT2D eigenvalue weighted by atomic mass is 10.3. The summed E-state index contributed by atoms with van der Waals surface area (Å²) in [7, 11) is 1.64. The van der Waals surface area contributed by atoms with E-state index in [1.165, 1.54) is 4.68 Å². The van der Waals surface area contributed by atoms with E-state index in [0.29, 0.717) is 16.4 Å². The first-order chi connectivity index (χ1) is 9.31. The molecule has 2 rings (SSSR count). The Morgan fingerprint density at radius 3 is 2.65 bits per heavy atom. The maximum atomic E-state index is 11.7. The van der Waals surface area contributed by atoms with Crippen molar-refractivity contribution in [3.8, 4) is 0 Å². The third-order valence-electron chi connectivity index (χ3n) is 2.77. The maximum absolute atomic E-state index is 11.7. The lowest BCUT2D eigenvalue weighted by Crippen LogP contribution is -2.31. The molecule has 0 aliphatic rings. The smallest absolute Gasteiger partial charge is 0.288 e. The van der Waals surface area contributed by atoms with E-state index in [2.05, 4.69) is 5.10 Å². The van der Waals surface area contributed by atoms with Crippen molar-refractivity contribution in [3.05, 3.63) is 53.6 Å². The van der Waals surface area contributed by atoms with Crippen molar-refractivity contribution in [1.82, 2.24) is 19.3 Å². The van der Waals surface area contributed by atoms with Gasteiger partial charge in [-0.2, -0.15) is 5.10 Å². The molecule has 2 aromatic heterocycles. The molecule has 0 aliphatic heterocycles. The van der Waals surface area contributed by atoms with Gasteiger partial charge in [-0.1, -0.05) is 11.6 Å². The van der Waals surface area contributed by atoms with Crippen LogP contribution in [0.1, 0.15) is 11.4 Å². The molecule has 0 atom stereocenters. The fraction of sp³-hybridized carbons (Fsp3) is 0.300. The van der Waals surface area contributed by atoms with Gasteiger partial charge in [0.25, 0.3) is 0 Å². The molecule has 2 heterocycles. The summed E-state index contributed by atoms with van der Waals surface area (Å²) in [6.07, 6.45) is 0.889. The van der Waals surface area contributed by atoms with Crippen LogP contribution in [0.15, 0.2) is 15.8 Å². The Morgan fingerprint density at radius 2 is 2.15 bits per heavy atom. The molecule has 0 saturated heterocycles. The third-order valence-corrected chi connectivity index (χ3v) is 3.26. The van der Waals surface area contributed by atoms with Gasteiger partial charge in [0.1, 0.15) is 0 Å². The van der Waals surface area contributed by atoms with Crippen molar-refractivity contribution in [2.45, 2.75) is 13.5 Å². The average Bonchev–Trinajstić information content (AvgIpc) is 2.58. The number of nitrogens with one attached hydrogen (secondary N) is 1. The number of rotatable bonds is 3. The predicted octanol–water partition coefficient (Wildman–Crippen LogP) is 0.188. The van der Waals surface area contributed by atoms with Crippen molar-refractivity contribution in [1.29, 1.82) is 0 Å². The summed E-state index contributed by atoms with van der Waals surface area (Å²) in [4.78, 5) is 34.7. The van der Waals surface area contributed by atoms with Crippen molar-refractivity contribution in [2.75, 3.05) is 0 Å². The average molecular weight is 300 g/mol. The van der Waals surface area contributed by atoms with Gasteiger partial charge in [0.05, 0.1) is 34.1 Å². The van der Waals surface area contributed by atoms with Gasteiger partial charge in [-0.25, -0.2) is 4.79 Å². The highest BCUT2D eigenvalue weighted by Crippen LogP contribution is 2.19. The summed E-state index contributed by atoms with van der Waals surface area (Å²) in [5, 5.41) is 15.1. The normalized spacial score (nSPS) is 10.8. The Labute approximate surface area is 116 Å². The number of aromatic amines is 1. The number of hydrogen-bond acceptors (Lipinski definition) is 5. The molecule has 9 nitrogen and oxygen atoms in total. The topological polar surface area (TPSA) is 116 Å². The zero-order valence-electron chi connectivity index (χ0n) is 10.6. The minimum absolute atomic E-state index is 0.0351. The van der Waals surface area contributed by atoms with E-state index in [1.54, 1.807) is 14.0 Å². The van der Waals surface area contributed by atoms with Gasteiger partial charge >= 0.3 is 16.9 Å². The van der Waals surface area contributed by atoms with Gasteiger partial charge in [0.15, 0.2) is 0 Å². The molecule has 0 amide bonds. The summed E-state index contributed by atoms with van der Waals surface area (Å²) < 4.78 is 2.48. The molecule has 10 heteroatoms. The fourth-order valence-electron chi connectivity index (χ4n) is 1.76. The van der Waals surface area contributed by atoms with Crippen molar-refractivity contribution in [3.63, 3.8) is 0 Å². The van der Waals surface area contributed by atoms with E-state index >= 15 is 0 Å². The molecular formula is C10H10ClN5O4. The van der Waals surface area contributed by atoms with Crippen LogP contribution in [0, 0.1) is 17.0 Å². The standard InChI is InChI=1S/C10H10ClN5O4/c1-5-8(11)6(14(2)13-5)3-15-4-7(16(19)20)9(17)12-10(15)18/h4H,3H2,1-2H3,(H,12,17,18). The van der Waals surface area contributed by atoms with Crippen LogP contribution in [0.2, 0.25) is 5.02 Å². The zero-order chi connectivity index (χ0) is 15.0. The number of halogens is 1. The molecule has 20 heavy (non-hydrogen) atoms. The Bertz CT molecular complexity index is 803. The van der Waals surface area contributed by atoms with Crippen molar-refractivity contribution in [2.24, 2.45) is 7.05 Å². The van der Waals surface area contributed by atoms with Crippen LogP contribution in [0.5, 0.6) is 0 Å². The van der Waals surface area contributed by atoms with Gasteiger partial charge in [0, 0.05) is 7.05 Å². The molecule has 106 valence electrons. The summed E-state index contributed by atoms with van der Waals surface area (Å²) in [5.41, 5.74) is -1.41. The summed E-state index contributed by atoms with van der Waals surface area (Å²) in [6, 6.07) is 0. The first-order valence-electron chi connectivity index (χ1n) is 5.47. The maximum Gasteiger partial charge on any atom is 0.350 e. The van der Waals surface area contributed by atoms with Gasteiger partial charge in [0.2, 0.25) is 0 Å². The number of nitrogens with zero attached hydrogens (tertiary/aromatic N) is 4. The van der Waals surface area contributed by atoms with E-state index in [-0.39, 0.29) is 6.54 Å². The number of nitro groups is 1. The molecule has 0 aromatic carbocycles. The fourth-order valence-corrected chi connectivity index (χ4v) is 1.98. The van der Waals surface area contributed by atoms with Crippen LogP contribution in [0.25, 0.3) is 0 Å². The molecule has 1 N–H and O–H groups in total. The largest absolute Gasteiger partial charge is 0.350 e. The van der Waals surface area contributed by atoms with Crippen LogP contribution in [0.3, 0.4) is 0 Å². The van der Waals surface area contributed by atoms with E-state index < -0.39 is 21.9 Å². The number of aryl methyl sites for hydroxylation is 2. The predicted molar refractivity (Wildman–Crippen MR) is 70.0 cm³/mol. The Morgan fingerprint density at radius 1 is 1.50 bits per heavy atom. The SMILES string of the molecule is Cc1nn(C)c(Cn2cc([N+](=O)[O-])c(=O)[nH]c2=O)c1Cl. The van der Waals surface area contributed by atoms with Gasteiger partial charge in [-0.15, -0.1) is 0 Å². The molecule has 0 unspecified atom stereocenters. The Hall–Kier alpha value is -2.42. The van der Waals surface area contributed by atoms with Crippen LogP contribution in [0.4, 0.5) is 5.69 Å². The van der Waals surface area contributed by atoms with E-state index in [1.807, 2.05) is 4.98 Å². The second-order valence-corrected chi connectivity index (χ2v) is 4.51. The molecular weight excluding hydrogens is 290 g/mol. The van der Waals surface area contributed by atoms with Crippen LogP contribution in [-0.4, -0.2) is 24.3 Å². The number of aromatic nitrogens is 4. The monoisotopic (exact) mass is 299 g/mol. The molecule has 0 fully saturated rings. The molecule has 0 bridgehead atoms. The highest BCUT2D eigenvalue weighted by Gasteiger charge is 2.17. The summed E-state index contributed by atoms with van der Waals surface area (Å²) >= 11 is 6.05.